The highest BCUT2D eigenvalue weighted by atomic mass is 19.4. The molecule has 2 aromatic rings. The van der Waals surface area contributed by atoms with Gasteiger partial charge in [-0.1, -0.05) is 55.7 Å². The van der Waals surface area contributed by atoms with Crippen molar-refractivity contribution < 1.29 is 27.5 Å². The van der Waals surface area contributed by atoms with E-state index in [1.54, 1.807) is 30.3 Å². The molecule has 0 bridgehead atoms. The van der Waals surface area contributed by atoms with Crippen molar-refractivity contribution in [2.45, 2.75) is 44.4 Å². The van der Waals surface area contributed by atoms with Gasteiger partial charge in [-0.25, -0.2) is 0 Å². The quantitative estimate of drug-likeness (QED) is 0.668. The fraction of sp³-hybridized carbons (Fsp3) is 0.364. The Morgan fingerprint density at radius 1 is 0.966 bits per heavy atom. The molecule has 1 saturated carbocycles. The maximum absolute atomic E-state index is 12.9. The van der Waals surface area contributed by atoms with Crippen LogP contribution in [0.2, 0.25) is 0 Å². The molecule has 1 amide bonds. The molecular formula is C22H22F3NO3. The average Bonchev–Trinajstić information content (AvgIpc) is 2.72. The highest BCUT2D eigenvalue weighted by Crippen LogP contribution is 2.32. The van der Waals surface area contributed by atoms with Crippen LogP contribution >= 0.6 is 0 Å². The van der Waals surface area contributed by atoms with Gasteiger partial charge in [-0.15, -0.1) is 0 Å². The number of hydrogen-bond acceptors (Lipinski definition) is 3. The number of alkyl halides is 3. The maximum Gasteiger partial charge on any atom is 0.416 e. The van der Waals surface area contributed by atoms with Gasteiger partial charge in [-0.3, -0.25) is 9.59 Å². The molecule has 1 N–H and O–H groups in total. The van der Waals surface area contributed by atoms with Gasteiger partial charge in [0.1, 0.15) is 0 Å². The Balaban J connectivity index is 1.79. The zero-order valence-corrected chi connectivity index (χ0v) is 15.7. The lowest BCUT2D eigenvalue weighted by Crippen LogP contribution is -2.29. The molecule has 0 saturated heterocycles. The summed E-state index contributed by atoms with van der Waals surface area (Å²) in [6.45, 7) is 0. The number of rotatable bonds is 5. The second kappa shape index (κ2) is 9.11. The van der Waals surface area contributed by atoms with E-state index < -0.39 is 29.7 Å². The van der Waals surface area contributed by atoms with Crippen LogP contribution in [0.25, 0.3) is 0 Å². The second-order valence-electron chi connectivity index (χ2n) is 7.13. The number of anilines is 1. The van der Waals surface area contributed by atoms with E-state index in [-0.39, 0.29) is 11.6 Å². The van der Waals surface area contributed by atoms with Crippen molar-refractivity contribution in [3.05, 3.63) is 65.7 Å². The minimum Gasteiger partial charge on any atom is -0.447 e. The average molecular weight is 405 g/mol. The second-order valence-corrected chi connectivity index (χ2v) is 7.13. The minimum absolute atomic E-state index is 0.0144. The van der Waals surface area contributed by atoms with Gasteiger partial charge in [-0.2, -0.15) is 13.2 Å². The third-order valence-corrected chi connectivity index (χ3v) is 4.97. The van der Waals surface area contributed by atoms with Crippen LogP contribution in [-0.2, 0) is 20.5 Å². The summed E-state index contributed by atoms with van der Waals surface area (Å²) in [5.41, 5.74) is -0.425. The highest BCUT2D eigenvalue weighted by Gasteiger charge is 2.32. The van der Waals surface area contributed by atoms with Crippen molar-refractivity contribution in [2.24, 2.45) is 5.92 Å². The molecule has 2 aromatic carbocycles. The molecule has 7 heteroatoms. The van der Waals surface area contributed by atoms with Crippen LogP contribution in [0.15, 0.2) is 54.6 Å². The van der Waals surface area contributed by atoms with Gasteiger partial charge in [0.25, 0.3) is 5.91 Å². The van der Waals surface area contributed by atoms with Crippen LogP contribution in [0.1, 0.15) is 49.3 Å². The number of hydrogen-bond donors (Lipinski definition) is 1. The fourth-order valence-corrected chi connectivity index (χ4v) is 3.43. The van der Waals surface area contributed by atoms with Crippen molar-refractivity contribution in [2.75, 3.05) is 5.32 Å². The molecule has 4 nitrogen and oxygen atoms in total. The molecule has 0 aliphatic heterocycles. The van der Waals surface area contributed by atoms with Crippen LogP contribution < -0.4 is 5.32 Å². The van der Waals surface area contributed by atoms with Crippen molar-refractivity contribution in [1.82, 2.24) is 0 Å². The Morgan fingerprint density at radius 3 is 2.31 bits per heavy atom. The van der Waals surface area contributed by atoms with Crippen LogP contribution in [0, 0.1) is 5.92 Å². The predicted molar refractivity (Wildman–Crippen MR) is 102 cm³/mol. The Kier molecular flexibility index (Phi) is 6.56. The van der Waals surface area contributed by atoms with Crippen LogP contribution in [0.5, 0.6) is 0 Å². The van der Waals surface area contributed by atoms with E-state index in [2.05, 4.69) is 5.32 Å². The van der Waals surface area contributed by atoms with Gasteiger partial charge in [0.2, 0.25) is 6.10 Å². The SMILES string of the molecule is O=C(O[C@@H](C(=O)Nc1cccc(C(F)(F)F)c1)c1ccccc1)C1CCCCC1. The predicted octanol–water partition coefficient (Wildman–Crippen LogP) is 5.51. The normalized spacial score (nSPS) is 16.1. The summed E-state index contributed by atoms with van der Waals surface area (Å²) in [7, 11) is 0. The lowest BCUT2D eigenvalue weighted by atomic mass is 9.89. The summed E-state index contributed by atoms with van der Waals surface area (Å²) in [4.78, 5) is 25.4. The number of benzene rings is 2. The molecule has 0 unspecified atom stereocenters. The smallest absolute Gasteiger partial charge is 0.416 e. The molecule has 1 aliphatic rings. The highest BCUT2D eigenvalue weighted by molar-refractivity contribution is 5.96. The summed E-state index contributed by atoms with van der Waals surface area (Å²) < 4.78 is 44.3. The van der Waals surface area contributed by atoms with E-state index in [1.165, 1.54) is 12.1 Å². The first kappa shape index (κ1) is 20.9. The molecule has 3 rings (SSSR count). The van der Waals surface area contributed by atoms with Crippen LogP contribution in [-0.4, -0.2) is 11.9 Å². The van der Waals surface area contributed by atoms with Crippen LogP contribution in [0.4, 0.5) is 18.9 Å². The van der Waals surface area contributed by atoms with Crippen molar-refractivity contribution in [3.63, 3.8) is 0 Å². The first-order valence-electron chi connectivity index (χ1n) is 9.58. The molecule has 0 aromatic heterocycles. The van der Waals surface area contributed by atoms with E-state index in [0.717, 1.165) is 44.2 Å². The van der Waals surface area contributed by atoms with E-state index in [9.17, 15) is 22.8 Å². The van der Waals surface area contributed by atoms with Crippen LogP contribution in [0.3, 0.4) is 0 Å². The summed E-state index contributed by atoms with van der Waals surface area (Å²) in [5, 5.41) is 2.45. The Labute approximate surface area is 167 Å². The number of ether oxygens (including phenoxy) is 1. The monoisotopic (exact) mass is 405 g/mol. The van der Waals surface area contributed by atoms with Gasteiger partial charge in [0.15, 0.2) is 0 Å². The van der Waals surface area contributed by atoms with Crippen molar-refractivity contribution in [3.8, 4) is 0 Å². The topological polar surface area (TPSA) is 55.4 Å². The van der Waals surface area contributed by atoms with E-state index >= 15 is 0 Å². The van der Waals surface area contributed by atoms with E-state index in [1.807, 2.05) is 0 Å². The van der Waals surface area contributed by atoms with Gasteiger partial charge in [-0.05, 0) is 31.0 Å². The molecule has 1 aliphatic carbocycles. The molecule has 0 heterocycles. The lowest BCUT2D eigenvalue weighted by Gasteiger charge is -2.24. The fourth-order valence-electron chi connectivity index (χ4n) is 3.43. The summed E-state index contributed by atoms with van der Waals surface area (Å²) in [6.07, 6.45) is -1.38. The number of carbonyl (C=O) groups excluding carboxylic acids is 2. The number of nitrogens with one attached hydrogen (secondary N) is 1. The first-order chi connectivity index (χ1) is 13.8. The summed E-state index contributed by atoms with van der Waals surface area (Å²) >= 11 is 0. The lowest BCUT2D eigenvalue weighted by molar-refractivity contribution is -0.159. The molecule has 0 spiro atoms. The van der Waals surface area contributed by atoms with E-state index in [0.29, 0.717) is 5.56 Å². The third-order valence-electron chi connectivity index (χ3n) is 4.97. The molecule has 29 heavy (non-hydrogen) atoms. The number of carbonyl (C=O) groups is 2. The minimum atomic E-state index is -4.52. The summed E-state index contributed by atoms with van der Waals surface area (Å²) in [5.74, 6) is -1.39. The number of amides is 1. The zero-order valence-electron chi connectivity index (χ0n) is 15.7. The molecular weight excluding hydrogens is 383 g/mol. The first-order valence-corrected chi connectivity index (χ1v) is 9.58. The Morgan fingerprint density at radius 2 is 1.66 bits per heavy atom. The largest absolute Gasteiger partial charge is 0.447 e. The summed E-state index contributed by atoms with van der Waals surface area (Å²) in [6, 6.07) is 12.8. The molecule has 1 atom stereocenters. The van der Waals surface area contributed by atoms with Crippen molar-refractivity contribution in [1.29, 1.82) is 0 Å². The van der Waals surface area contributed by atoms with Crippen molar-refractivity contribution >= 4 is 17.6 Å². The van der Waals surface area contributed by atoms with Gasteiger partial charge >= 0.3 is 12.1 Å². The van der Waals surface area contributed by atoms with Gasteiger partial charge in [0, 0.05) is 11.3 Å². The Bertz CT molecular complexity index is 846. The molecule has 154 valence electrons. The standard InChI is InChI=1S/C22H22F3NO3/c23-22(24,25)17-12-7-13-18(14-17)26-20(27)19(15-8-3-1-4-9-15)29-21(28)16-10-5-2-6-11-16/h1,3-4,7-9,12-14,16,19H,2,5-6,10-11H2,(H,26,27)/t19-/m1/s1. The van der Waals surface area contributed by atoms with Gasteiger partial charge < -0.3 is 10.1 Å². The maximum atomic E-state index is 12.9. The number of esters is 1. The zero-order chi connectivity index (χ0) is 20.9. The number of halogens is 3. The van der Waals surface area contributed by atoms with E-state index in [4.69, 9.17) is 4.74 Å². The molecule has 1 fully saturated rings. The third kappa shape index (κ3) is 5.59. The van der Waals surface area contributed by atoms with Gasteiger partial charge in [0.05, 0.1) is 11.5 Å². The molecule has 0 radical (unpaired) electrons. The Hall–Kier alpha value is -2.83.